The van der Waals surface area contributed by atoms with E-state index in [0.717, 1.165) is 23.2 Å². The largest absolute Gasteiger partial charge is 0.294 e. The molecule has 2 bridgehead atoms. The molecular weight excluding hydrogens is 340 g/mol. The molecule has 6 rings (SSSR count). The van der Waals surface area contributed by atoms with Crippen LogP contribution in [-0.2, 0) is 14.4 Å². The summed E-state index contributed by atoms with van der Waals surface area (Å²) in [5.74, 6) is 0.794. The Balaban J connectivity index is 1.44. The Labute approximate surface area is 159 Å². The smallest absolute Gasteiger partial charge is 0.235 e. The van der Waals surface area contributed by atoms with Gasteiger partial charge in [-0.3, -0.25) is 24.2 Å². The first kappa shape index (κ1) is 16.7. The molecule has 1 heterocycles. The van der Waals surface area contributed by atoms with E-state index in [2.05, 4.69) is 12.2 Å². The van der Waals surface area contributed by atoms with Gasteiger partial charge in [0.15, 0.2) is 0 Å². The summed E-state index contributed by atoms with van der Waals surface area (Å²) in [4.78, 5) is 41.5. The molecule has 140 valence electrons. The van der Waals surface area contributed by atoms with Crippen LogP contribution in [0, 0.1) is 49.4 Å². The number of carbonyl (C=O) groups is 3. The van der Waals surface area contributed by atoms with Crippen molar-refractivity contribution in [2.45, 2.75) is 27.2 Å². The van der Waals surface area contributed by atoms with Gasteiger partial charge in [0.25, 0.3) is 0 Å². The van der Waals surface area contributed by atoms with Gasteiger partial charge in [0.2, 0.25) is 17.7 Å². The Morgan fingerprint density at radius 3 is 2.15 bits per heavy atom. The van der Waals surface area contributed by atoms with E-state index in [1.165, 1.54) is 16.7 Å². The topological polar surface area (TPSA) is 57.7 Å². The van der Waals surface area contributed by atoms with Gasteiger partial charge in [0.05, 0.1) is 11.8 Å². The molecule has 1 aromatic rings. The van der Waals surface area contributed by atoms with Crippen molar-refractivity contribution in [3.05, 3.63) is 41.5 Å². The number of amides is 3. The number of carbonyl (C=O) groups excluding carboxylic acids is 3. The van der Waals surface area contributed by atoms with E-state index in [9.17, 15) is 14.4 Å². The van der Waals surface area contributed by atoms with Crippen molar-refractivity contribution < 1.29 is 14.4 Å². The normalized spacial score (nSPS) is 35.3. The molecule has 6 atom stereocenters. The predicted octanol–water partition coefficient (Wildman–Crippen LogP) is 2.67. The monoisotopic (exact) mass is 364 g/mol. The first-order valence-corrected chi connectivity index (χ1v) is 9.77. The number of hydrogen-bond acceptors (Lipinski definition) is 3. The van der Waals surface area contributed by atoms with Gasteiger partial charge in [-0.15, -0.1) is 0 Å². The maximum atomic E-state index is 13.1. The number of imide groups is 1. The van der Waals surface area contributed by atoms with Crippen molar-refractivity contribution in [1.29, 1.82) is 0 Å². The molecule has 6 unspecified atom stereocenters. The second-order valence-electron chi connectivity index (χ2n) is 8.62. The number of nitrogens with zero attached hydrogens (tertiary/aromatic N) is 2. The second-order valence-corrected chi connectivity index (χ2v) is 8.62. The van der Waals surface area contributed by atoms with Gasteiger partial charge in [0.1, 0.15) is 6.67 Å². The van der Waals surface area contributed by atoms with Gasteiger partial charge < -0.3 is 0 Å². The van der Waals surface area contributed by atoms with Crippen molar-refractivity contribution in [3.63, 3.8) is 0 Å². The van der Waals surface area contributed by atoms with E-state index in [4.69, 9.17) is 0 Å². The zero-order valence-corrected chi connectivity index (χ0v) is 15.9. The molecule has 0 aromatic heterocycles. The third-order valence-electron chi connectivity index (χ3n) is 7.22. The van der Waals surface area contributed by atoms with E-state index in [0.29, 0.717) is 11.8 Å². The van der Waals surface area contributed by atoms with Crippen LogP contribution in [0.15, 0.2) is 30.4 Å². The zero-order valence-electron chi connectivity index (χ0n) is 15.9. The summed E-state index contributed by atoms with van der Waals surface area (Å²) in [5, 5.41) is 0. The number of anilines is 1. The molecule has 3 amide bonds. The molecule has 0 spiro atoms. The number of hydrogen-bond donors (Lipinski definition) is 0. The highest BCUT2D eigenvalue weighted by atomic mass is 16.2. The van der Waals surface area contributed by atoms with E-state index in [-0.39, 0.29) is 48.1 Å². The molecule has 1 aromatic carbocycles. The number of benzene rings is 1. The first-order chi connectivity index (χ1) is 12.9. The summed E-state index contributed by atoms with van der Waals surface area (Å²) in [5.41, 5.74) is 2.95. The standard InChI is InChI=1S/C22H24N2O3/c1-11-4-5-14(8-12(11)2)23(13(3)25)10-24-21(26)19-15-6-7-16(18-9-17(15)18)20(19)22(24)27/h4-8,15-20H,9-10H2,1-3H3. The van der Waals surface area contributed by atoms with Crippen LogP contribution in [0.3, 0.4) is 0 Å². The fraction of sp³-hybridized carbons (Fsp3) is 0.500. The quantitative estimate of drug-likeness (QED) is 0.612. The van der Waals surface area contributed by atoms with Crippen LogP contribution in [-0.4, -0.2) is 29.3 Å². The van der Waals surface area contributed by atoms with Crippen LogP contribution in [0.25, 0.3) is 0 Å². The lowest BCUT2D eigenvalue weighted by molar-refractivity contribution is -0.140. The average molecular weight is 364 g/mol. The summed E-state index contributed by atoms with van der Waals surface area (Å²) < 4.78 is 0. The highest BCUT2D eigenvalue weighted by Gasteiger charge is 2.67. The third kappa shape index (κ3) is 2.27. The highest BCUT2D eigenvalue weighted by molar-refractivity contribution is 6.07. The molecular formula is C22H24N2O3. The maximum Gasteiger partial charge on any atom is 0.235 e. The van der Waals surface area contributed by atoms with Gasteiger partial charge in [-0.05, 0) is 67.2 Å². The lowest BCUT2D eigenvalue weighted by Crippen LogP contribution is -2.44. The molecule has 2 saturated carbocycles. The van der Waals surface area contributed by atoms with E-state index < -0.39 is 0 Å². The summed E-state index contributed by atoms with van der Waals surface area (Å²) in [7, 11) is 0. The minimum absolute atomic E-state index is 0.0112. The van der Waals surface area contributed by atoms with Crippen molar-refractivity contribution in [2.75, 3.05) is 11.6 Å². The predicted molar refractivity (Wildman–Crippen MR) is 100 cm³/mol. The summed E-state index contributed by atoms with van der Waals surface area (Å²) in [6, 6.07) is 5.78. The third-order valence-corrected chi connectivity index (χ3v) is 7.22. The van der Waals surface area contributed by atoms with Crippen molar-refractivity contribution in [3.8, 4) is 0 Å². The molecule has 5 nitrogen and oxygen atoms in total. The van der Waals surface area contributed by atoms with Gasteiger partial charge >= 0.3 is 0 Å². The van der Waals surface area contributed by atoms with Gasteiger partial charge in [-0.25, -0.2) is 0 Å². The second kappa shape index (κ2) is 5.54. The minimum Gasteiger partial charge on any atom is -0.294 e. The fourth-order valence-corrected chi connectivity index (χ4v) is 5.56. The Bertz CT molecular complexity index is 869. The molecule has 5 heteroatoms. The zero-order chi connectivity index (χ0) is 19.0. The van der Waals surface area contributed by atoms with Gasteiger partial charge in [-0.2, -0.15) is 0 Å². The van der Waals surface area contributed by atoms with Crippen molar-refractivity contribution >= 4 is 23.4 Å². The SMILES string of the molecule is CC(=O)N(CN1C(=O)C2C3C=CC(C4CC34)C2C1=O)c1ccc(C)c(C)c1. The van der Waals surface area contributed by atoms with Gasteiger partial charge in [-0.1, -0.05) is 18.2 Å². The Morgan fingerprint density at radius 1 is 1.04 bits per heavy atom. The number of likely N-dealkylation sites (tertiary alicyclic amines) is 1. The first-order valence-electron chi connectivity index (χ1n) is 9.77. The molecule has 27 heavy (non-hydrogen) atoms. The van der Waals surface area contributed by atoms with Crippen LogP contribution < -0.4 is 4.90 Å². The lowest BCUT2D eigenvalue weighted by atomic mass is 9.63. The number of rotatable bonds is 3. The van der Waals surface area contributed by atoms with Crippen LogP contribution in [0.4, 0.5) is 5.69 Å². The van der Waals surface area contributed by atoms with E-state index in [1.807, 2.05) is 32.0 Å². The molecule has 5 aliphatic rings. The summed E-state index contributed by atoms with van der Waals surface area (Å²) in [6.07, 6.45) is 5.49. The Kier molecular flexibility index (Phi) is 3.43. The Hall–Kier alpha value is -2.43. The van der Waals surface area contributed by atoms with Crippen LogP contribution >= 0.6 is 0 Å². The van der Waals surface area contributed by atoms with Crippen LogP contribution in [0.1, 0.15) is 24.5 Å². The Morgan fingerprint density at radius 2 is 1.63 bits per heavy atom. The number of allylic oxidation sites excluding steroid dienone is 2. The molecule has 0 N–H and O–H groups in total. The minimum atomic E-state index is -0.218. The molecule has 0 radical (unpaired) electrons. The number of aryl methyl sites for hydroxylation is 2. The summed E-state index contributed by atoms with van der Waals surface area (Å²) in [6.45, 7) is 5.50. The van der Waals surface area contributed by atoms with Crippen LogP contribution in [0.2, 0.25) is 0 Å². The van der Waals surface area contributed by atoms with Crippen LogP contribution in [0.5, 0.6) is 0 Å². The molecule has 4 aliphatic carbocycles. The highest BCUT2D eigenvalue weighted by Crippen LogP contribution is 2.65. The summed E-state index contributed by atoms with van der Waals surface area (Å²) >= 11 is 0. The fourth-order valence-electron chi connectivity index (χ4n) is 5.56. The van der Waals surface area contributed by atoms with Gasteiger partial charge in [0, 0.05) is 12.6 Å². The molecule has 1 saturated heterocycles. The van der Waals surface area contributed by atoms with Crippen molar-refractivity contribution in [1.82, 2.24) is 4.90 Å². The van der Waals surface area contributed by atoms with Crippen molar-refractivity contribution in [2.24, 2.45) is 35.5 Å². The lowest BCUT2D eigenvalue weighted by Gasteiger charge is -2.37. The van der Waals surface area contributed by atoms with E-state index in [1.54, 1.807) is 0 Å². The molecule has 1 aliphatic heterocycles. The maximum absolute atomic E-state index is 13.1. The average Bonchev–Trinajstić information content (AvgIpc) is 3.41. The molecule has 3 fully saturated rings. The van der Waals surface area contributed by atoms with E-state index >= 15 is 0 Å².